The predicted molar refractivity (Wildman–Crippen MR) is 141 cm³/mol. The van der Waals surface area contributed by atoms with E-state index in [1.54, 1.807) is 36.4 Å². The van der Waals surface area contributed by atoms with Gasteiger partial charge in [-0.05, 0) is 73.0 Å². The summed E-state index contributed by atoms with van der Waals surface area (Å²) in [7, 11) is 0. The Labute approximate surface area is 216 Å². The number of aromatic nitrogens is 1. The summed E-state index contributed by atoms with van der Waals surface area (Å²) in [6, 6.07) is 17.2. The van der Waals surface area contributed by atoms with Crippen LogP contribution in [0.3, 0.4) is 0 Å². The average Bonchev–Trinajstić information content (AvgIpc) is 3.51. The van der Waals surface area contributed by atoms with Crippen LogP contribution in [0.5, 0.6) is 5.75 Å². The summed E-state index contributed by atoms with van der Waals surface area (Å²) < 4.78 is 6.68. The van der Waals surface area contributed by atoms with E-state index in [-0.39, 0.29) is 17.4 Å². The van der Waals surface area contributed by atoms with Crippen molar-refractivity contribution in [3.05, 3.63) is 93.5 Å². The maximum absolute atomic E-state index is 13.4. The number of fused-ring (bicyclic) bond motifs is 2. The second-order valence-electron chi connectivity index (χ2n) is 9.14. The molecule has 0 aliphatic carbocycles. The molecule has 2 aliphatic rings. The molecule has 2 atom stereocenters. The first-order valence-electron chi connectivity index (χ1n) is 11.5. The molecule has 180 valence electrons. The SMILES string of the molecule is Cc1ccc2nc(N3C(=O)C(=O)/C(=C(/O)c4ccc5c(c4)C[C@H](C)O5)[C@H]3c3ccc(Cl)cc3)sc2c1. The van der Waals surface area contributed by atoms with E-state index >= 15 is 0 Å². The van der Waals surface area contributed by atoms with Crippen LogP contribution < -0.4 is 9.64 Å². The molecule has 3 aromatic carbocycles. The molecule has 1 amide bonds. The molecule has 8 heteroatoms. The number of hydrogen-bond donors (Lipinski definition) is 1. The minimum atomic E-state index is -0.854. The van der Waals surface area contributed by atoms with Gasteiger partial charge in [-0.3, -0.25) is 14.5 Å². The standard InChI is InChI=1S/C28H21ClN2O4S/c1-14-3-9-20-22(11-14)36-28(30-20)31-24(16-4-7-19(29)8-5-16)23(26(33)27(31)34)25(32)17-6-10-21-18(13-17)12-15(2)35-21/h3-11,13,15,24,32H,12H2,1-2H3/b25-23+/t15-,24+/m0/s1. The summed E-state index contributed by atoms with van der Waals surface area (Å²) in [6.07, 6.45) is 0.746. The zero-order chi connectivity index (χ0) is 25.1. The van der Waals surface area contributed by atoms with Gasteiger partial charge in [-0.2, -0.15) is 0 Å². The van der Waals surface area contributed by atoms with E-state index in [1.165, 1.54) is 16.2 Å². The molecule has 0 bridgehead atoms. The van der Waals surface area contributed by atoms with E-state index in [0.717, 1.165) is 27.1 Å². The number of halogens is 1. The summed E-state index contributed by atoms with van der Waals surface area (Å²) in [5.41, 5.74) is 3.89. The Balaban J connectivity index is 1.53. The second-order valence-corrected chi connectivity index (χ2v) is 10.6. The van der Waals surface area contributed by atoms with E-state index < -0.39 is 17.7 Å². The fraction of sp³-hybridized carbons (Fsp3) is 0.179. The van der Waals surface area contributed by atoms with Gasteiger partial charge >= 0.3 is 5.91 Å². The van der Waals surface area contributed by atoms with Crippen molar-refractivity contribution < 1.29 is 19.4 Å². The molecule has 0 saturated carbocycles. The summed E-state index contributed by atoms with van der Waals surface area (Å²) >= 11 is 7.46. The minimum absolute atomic E-state index is 0.0182. The summed E-state index contributed by atoms with van der Waals surface area (Å²) in [4.78, 5) is 32.9. The number of amides is 1. The number of anilines is 1. The van der Waals surface area contributed by atoms with Gasteiger partial charge in [0.25, 0.3) is 5.78 Å². The highest BCUT2D eigenvalue weighted by atomic mass is 35.5. The fourth-order valence-electron chi connectivity index (χ4n) is 4.84. The van der Waals surface area contributed by atoms with E-state index in [0.29, 0.717) is 27.7 Å². The quantitative estimate of drug-likeness (QED) is 0.199. The van der Waals surface area contributed by atoms with Crippen LogP contribution in [0, 0.1) is 6.92 Å². The number of aliphatic hydroxyl groups is 1. The first-order chi connectivity index (χ1) is 17.3. The number of carbonyl (C=O) groups is 2. The molecular weight excluding hydrogens is 496 g/mol. The van der Waals surface area contributed by atoms with Crippen LogP contribution in [0.25, 0.3) is 16.0 Å². The number of nitrogens with zero attached hydrogens (tertiary/aromatic N) is 2. The van der Waals surface area contributed by atoms with Gasteiger partial charge in [0.1, 0.15) is 17.6 Å². The number of hydrogen-bond acceptors (Lipinski definition) is 6. The van der Waals surface area contributed by atoms with Crippen LogP contribution in [0.1, 0.15) is 35.2 Å². The zero-order valence-electron chi connectivity index (χ0n) is 19.5. The van der Waals surface area contributed by atoms with E-state index in [1.807, 2.05) is 38.1 Å². The molecule has 1 fully saturated rings. The van der Waals surface area contributed by atoms with Crippen molar-refractivity contribution in [3.8, 4) is 5.75 Å². The number of thiazole rings is 1. The lowest BCUT2D eigenvalue weighted by molar-refractivity contribution is -0.132. The highest BCUT2D eigenvalue weighted by Gasteiger charge is 2.48. The summed E-state index contributed by atoms with van der Waals surface area (Å²) in [5.74, 6) is -0.952. The van der Waals surface area contributed by atoms with Crippen molar-refractivity contribution in [2.24, 2.45) is 0 Å². The maximum Gasteiger partial charge on any atom is 0.301 e. The van der Waals surface area contributed by atoms with E-state index in [4.69, 9.17) is 16.3 Å². The van der Waals surface area contributed by atoms with Crippen molar-refractivity contribution in [1.29, 1.82) is 0 Å². The van der Waals surface area contributed by atoms with Gasteiger partial charge in [0, 0.05) is 17.0 Å². The monoisotopic (exact) mass is 516 g/mol. The van der Waals surface area contributed by atoms with Crippen molar-refractivity contribution in [2.45, 2.75) is 32.4 Å². The summed E-state index contributed by atoms with van der Waals surface area (Å²) in [6.45, 7) is 3.96. The van der Waals surface area contributed by atoms with Crippen LogP contribution >= 0.6 is 22.9 Å². The Bertz CT molecular complexity index is 1590. The molecule has 1 saturated heterocycles. The Morgan fingerprint density at radius 2 is 1.89 bits per heavy atom. The van der Waals surface area contributed by atoms with Gasteiger partial charge in [0.2, 0.25) is 0 Å². The van der Waals surface area contributed by atoms with Crippen LogP contribution in [0.15, 0.2) is 66.2 Å². The molecule has 36 heavy (non-hydrogen) atoms. The van der Waals surface area contributed by atoms with E-state index in [9.17, 15) is 14.7 Å². The zero-order valence-corrected chi connectivity index (χ0v) is 21.1. The van der Waals surface area contributed by atoms with Crippen molar-refractivity contribution in [1.82, 2.24) is 4.98 Å². The Hall–Kier alpha value is -3.68. The topological polar surface area (TPSA) is 79.7 Å². The molecule has 1 N–H and O–H groups in total. The number of carbonyl (C=O) groups excluding carboxylic acids is 2. The van der Waals surface area contributed by atoms with Crippen molar-refractivity contribution in [3.63, 3.8) is 0 Å². The highest BCUT2D eigenvalue weighted by Crippen LogP contribution is 2.45. The van der Waals surface area contributed by atoms with Crippen LogP contribution in [0.4, 0.5) is 5.13 Å². The van der Waals surface area contributed by atoms with Gasteiger partial charge in [0.05, 0.1) is 21.8 Å². The largest absolute Gasteiger partial charge is 0.507 e. The average molecular weight is 517 g/mol. The van der Waals surface area contributed by atoms with Gasteiger partial charge in [0.15, 0.2) is 5.13 Å². The minimum Gasteiger partial charge on any atom is -0.507 e. The molecule has 6 rings (SSSR count). The molecule has 1 aromatic heterocycles. The molecule has 6 nitrogen and oxygen atoms in total. The first-order valence-corrected chi connectivity index (χ1v) is 12.7. The number of aliphatic hydroxyl groups excluding tert-OH is 1. The second kappa shape index (κ2) is 8.47. The number of aryl methyl sites for hydroxylation is 1. The number of ketones is 1. The number of Topliss-reactive ketones (excluding diaryl/α,β-unsaturated/α-hetero) is 1. The third-order valence-electron chi connectivity index (χ3n) is 6.54. The lowest BCUT2D eigenvalue weighted by Gasteiger charge is -2.23. The van der Waals surface area contributed by atoms with Gasteiger partial charge in [-0.25, -0.2) is 4.98 Å². The Kier molecular flexibility index (Phi) is 5.35. The van der Waals surface area contributed by atoms with Gasteiger partial charge in [-0.1, -0.05) is 41.1 Å². The fourth-order valence-corrected chi connectivity index (χ4v) is 6.05. The number of ether oxygens (including phenoxy) is 1. The van der Waals surface area contributed by atoms with Crippen molar-refractivity contribution >= 4 is 55.7 Å². The summed E-state index contributed by atoms with van der Waals surface area (Å²) in [5, 5.41) is 12.4. The van der Waals surface area contributed by atoms with Crippen LogP contribution in [-0.2, 0) is 16.0 Å². The van der Waals surface area contributed by atoms with E-state index in [2.05, 4.69) is 4.98 Å². The third kappa shape index (κ3) is 3.67. The number of rotatable bonds is 3. The lowest BCUT2D eigenvalue weighted by Crippen LogP contribution is -2.29. The number of benzene rings is 3. The Morgan fingerprint density at radius 1 is 1.11 bits per heavy atom. The normalized spacial score (nSPS) is 20.7. The maximum atomic E-state index is 13.4. The Morgan fingerprint density at radius 3 is 2.67 bits per heavy atom. The molecule has 4 aromatic rings. The highest BCUT2D eigenvalue weighted by molar-refractivity contribution is 7.22. The predicted octanol–water partition coefficient (Wildman–Crippen LogP) is 6.21. The van der Waals surface area contributed by atoms with Crippen molar-refractivity contribution in [2.75, 3.05) is 4.90 Å². The molecule has 2 aliphatic heterocycles. The molecule has 0 spiro atoms. The van der Waals surface area contributed by atoms with Gasteiger partial charge < -0.3 is 9.84 Å². The molecule has 0 radical (unpaired) electrons. The van der Waals surface area contributed by atoms with Crippen LogP contribution in [0.2, 0.25) is 5.02 Å². The molecular formula is C28H21ClN2O4S. The third-order valence-corrected chi connectivity index (χ3v) is 7.81. The molecule has 3 heterocycles. The van der Waals surface area contributed by atoms with Crippen LogP contribution in [-0.4, -0.2) is 27.9 Å². The van der Waals surface area contributed by atoms with Gasteiger partial charge in [-0.15, -0.1) is 0 Å². The molecule has 0 unspecified atom stereocenters. The first kappa shape index (κ1) is 22.8. The lowest BCUT2D eigenvalue weighted by atomic mass is 9.94. The smallest absolute Gasteiger partial charge is 0.301 e.